The summed E-state index contributed by atoms with van der Waals surface area (Å²) in [7, 11) is 1.66. The number of benzene rings is 2. The van der Waals surface area contributed by atoms with Crippen LogP contribution in [0, 0.1) is 0 Å². The second-order valence-corrected chi connectivity index (χ2v) is 6.45. The van der Waals surface area contributed by atoms with Crippen LogP contribution in [0.3, 0.4) is 0 Å². The Morgan fingerprint density at radius 1 is 1.12 bits per heavy atom. The fourth-order valence-corrected chi connectivity index (χ4v) is 3.53. The molecule has 0 amide bonds. The first-order valence-electron chi connectivity index (χ1n) is 7.98. The summed E-state index contributed by atoms with van der Waals surface area (Å²) < 4.78 is 6.97. The normalized spacial score (nSPS) is 10.9. The van der Waals surface area contributed by atoms with Gasteiger partial charge < -0.3 is 4.74 Å². The number of nitrogens with zero attached hydrogens (tertiary/aromatic N) is 2. The zero-order chi connectivity index (χ0) is 16.9. The molecule has 3 rings (SSSR count). The van der Waals surface area contributed by atoms with Gasteiger partial charge in [0.2, 0.25) is 0 Å². The van der Waals surface area contributed by atoms with Crippen LogP contribution < -0.4 is 10.3 Å². The number of ether oxygens (including phenoxy) is 1. The van der Waals surface area contributed by atoms with E-state index >= 15 is 0 Å². The minimum Gasteiger partial charge on any atom is -0.497 e. The van der Waals surface area contributed by atoms with Crippen molar-refractivity contribution in [1.82, 2.24) is 9.55 Å². The Balaban J connectivity index is 1.92. The first kappa shape index (κ1) is 16.6. The number of methoxy groups -OCH3 is 1. The van der Waals surface area contributed by atoms with E-state index in [1.807, 2.05) is 48.5 Å². The van der Waals surface area contributed by atoms with Gasteiger partial charge in [-0.2, -0.15) is 0 Å². The van der Waals surface area contributed by atoms with Gasteiger partial charge in [0.1, 0.15) is 5.75 Å². The van der Waals surface area contributed by atoms with Gasteiger partial charge in [-0.3, -0.25) is 9.36 Å². The first-order valence-corrected chi connectivity index (χ1v) is 8.96. The van der Waals surface area contributed by atoms with Crippen LogP contribution in [-0.4, -0.2) is 16.7 Å². The van der Waals surface area contributed by atoms with Crippen molar-refractivity contribution < 1.29 is 4.74 Å². The molecular formula is C19H20N2O2S. The van der Waals surface area contributed by atoms with Gasteiger partial charge in [-0.1, -0.05) is 43.0 Å². The second-order valence-electron chi connectivity index (χ2n) is 5.51. The van der Waals surface area contributed by atoms with E-state index in [1.165, 1.54) is 5.56 Å². The fraction of sp³-hybridized carbons (Fsp3) is 0.263. The molecule has 0 atom stereocenters. The van der Waals surface area contributed by atoms with E-state index in [0.29, 0.717) is 11.9 Å². The summed E-state index contributed by atoms with van der Waals surface area (Å²) in [6.07, 6.45) is 0.899. The van der Waals surface area contributed by atoms with E-state index in [2.05, 4.69) is 6.92 Å². The minimum atomic E-state index is 0.0414. The van der Waals surface area contributed by atoms with E-state index in [1.54, 1.807) is 23.4 Å². The Labute approximate surface area is 145 Å². The summed E-state index contributed by atoms with van der Waals surface area (Å²) >= 11 is 1.59. The monoisotopic (exact) mass is 340 g/mol. The molecule has 0 saturated heterocycles. The Morgan fingerprint density at radius 3 is 2.58 bits per heavy atom. The summed E-state index contributed by atoms with van der Waals surface area (Å²) in [5.41, 5.74) is 1.97. The maximum Gasteiger partial charge on any atom is 0.262 e. The molecule has 1 heterocycles. The molecule has 1 aromatic heterocycles. The minimum absolute atomic E-state index is 0.0414. The molecule has 0 bridgehead atoms. The van der Waals surface area contributed by atoms with Crippen molar-refractivity contribution in [2.45, 2.75) is 30.8 Å². The molecule has 0 aliphatic carbocycles. The van der Waals surface area contributed by atoms with Crippen molar-refractivity contribution in [3.63, 3.8) is 0 Å². The third-order valence-electron chi connectivity index (χ3n) is 3.80. The molecule has 4 nitrogen and oxygen atoms in total. The highest BCUT2D eigenvalue weighted by Gasteiger charge is 2.11. The summed E-state index contributed by atoms with van der Waals surface area (Å²) in [6, 6.07) is 15.5. The number of aromatic nitrogens is 2. The molecule has 0 radical (unpaired) electrons. The molecule has 124 valence electrons. The molecule has 0 N–H and O–H groups in total. The summed E-state index contributed by atoms with van der Waals surface area (Å²) in [6.45, 7) is 2.75. The largest absolute Gasteiger partial charge is 0.497 e. The van der Waals surface area contributed by atoms with Crippen molar-refractivity contribution in [3.8, 4) is 5.75 Å². The van der Waals surface area contributed by atoms with Gasteiger partial charge in [-0.05, 0) is 36.2 Å². The lowest BCUT2D eigenvalue weighted by atomic mass is 10.2. The average Bonchev–Trinajstić information content (AvgIpc) is 2.63. The molecule has 24 heavy (non-hydrogen) atoms. The number of hydrogen-bond acceptors (Lipinski definition) is 4. The van der Waals surface area contributed by atoms with Crippen LogP contribution in [-0.2, 0) is 12.3 Å². The van der Waals surface area contributed by atoms with E-state index < -0.39 is 0 Å². The molecule has 0 spiro atoms. The topological polar surface area (TPSA) is 44.1 Å². The van der Waals surface area contributed by atoms with Crippen LogP contribution in [0.15, 0.2) is 58.5 Å². The van der Waals surface area contributed by atoms with Crippen molar-refractivity contribution in [1.29, 1.82) is 0 Å². The van der Waals surface area contributed by atoms with Gasteiger partial charge in [-0.15, -0.1) is 0 Å². The van der Waals surface area contributed by atoms with Crippen molar-refractivity contribution in [2.75, 3.05) is 7.11 Å². The third-order valence-corrected chi connectivity index (χ3v) is 4.85. The highest BCUT2D eigenvalue weighted by atomic mass is 32.2. The van der Waals surface area contributed by atoms with Crippen LogP contribution in [0.4, 0.5) is 0 Å². The lowest BCUT2D eigenvalue weighted by molar-refractivity contribution is 0.414. The Hall–Kier alpha value is -2.27. The van der Waals surface area contributed by atoms with Gasteiger partial charge in [0, 0.05) is 12.3 Å². The van der Waals surface area contributed by atoms with Crippen LogP contribution >= 0.6 is 11.8 Å². The molecule has 5 heteroatoms. The fourth-order valence-electron chi connectivity index (χ4n) is 2.55. The maximum absolute atomic E-state index is 12.7. The van der Waals surface area contributed by atoms with Crippen LogP contribution in [0.2, 0.25) is 0 Å². The predicted molar refractivity (Wildman–Crippen MR) is 98.8 cm³/mol. The molecule has 3 aromatic rings. The number of para-hydroxylation sites is 1. The van der Waals surface area contributed by atoms with E-state index in [0.717, 1.165) is 28.6 Å². The molecular weight excluding hydrogens is 320 g/mol. The molecule has 0 saturated carbocycles. The van der Waals surface area contributed by atoms with Crippen molar-refractivity contribution in [2.24, 2.45) is 0 Å². The lowest BCUT2D eigenvalue weighted by Gasteiger charge is -2.12. The van der Waals surface area contributed by atoms with Gasteiger partial charge in [0.25, 0.3) is 5.56 Å². The van der Waals surface area contributed by atoms with E-state index in [4.69, 9.17) is 9.72 Å². The molecule has 0 fully saturated rings. The standard InChI is InChI=1S/C19H20N2O2S/c1-3-12-21-18(22)16-6-4-5-7-17(16)20-19(21)24-13-14-8-10-15(23-2)11-9-14/h4-11H,3,12-13H2,1-2H3. The quantitative estimate of drug-likeness (QED) is 0.500. The van der Waals surface area contributed by atoms with Crippen molar-refractivity contribution >= 4 is 22.7 Å². The SMILES string of the molecule is CCCn1c(SCc2ccc(OC)cc2)nc2ccccc2c1=O. The van der Waals surface area contributed by atoms with Crippen LogP contribution in [0.25, 0.3) is 10.9 Å². The maximum atomic E-state index is 12.7. The highest BCUT2D eigenvalue weighted by molar-refractivity contribution is 7.98. The number of thioether (sulfide) groups is 1. The Morgan fingerprint density at radius 2 is 1.88 bits per heavy atom. The van der Waals surface area contributed by atoms with E-state index in [-0.39, 0.29) is 5.56 Å². The summed E-state index contributed by atoms with van der Waals surface area (Å²) in [5, 5.41) is 1.45. The predicted octanol–water partition coefficient (Wildman–Crippen LogP) is 4.11. The van der Waals surface area contributed by atoms with Gasteiger partial charge in [0.05, 0.1) is 18.0 Å². The van der Waals surface area contributed by atoms with Crippen LogP contribution in [0.1, 0.15) is 18.9 Å². The highest BCUT2D eigenvalue weighted by Crippen LogP contribution is 2.23. The Bertz CT molecular complexity index is 888. The molecule has 0 aliphatic heterocycles. The Kier molecular flexibility index (Phi) is 5.20. The number of hydrogen-bond donors (Lipinski definition) is 0. The van der Waals surface area contributed by atoms with Gasteiger partial charge in [-0.25, -0.2) is 4.98 Å². The third kappa shape index (κ3) is 3.46. The van der Waals surface area contributed by atoms with E-state index in [9.17, 15) is 4.79 Å². The van der Waals surface area contributed by atoms with Gasteiger partial charge >= 0.3 is 0 Å². The zero-order valence-corrected chi connectivity index (χ0v) is 14.7. The zero-order valence-electron chi connectivity index (χ0n) is 13.9. The first-order chi connectivity index (χ1) is 11.7. The number of rotatable bonds is 6. The average molecular weight is 340 g/mol. The number of fused-ring (bicyclic) bond motifs is 1. The van der Waals surface area contributed by atoms with Crippen LogP contribution in [0.5, 0.6) is 5.75 Å². The summed E-state index contributed by atoms with van der Waals surface area (Å²) in [4.78, 5) is 17.4. The smallest absolute Gasteiger partial charge is 0.262 e. The molecule has 2 aromatic carbocycles. The second kappa shape index (κ2) is 7.53. The van der Waals surface area contributed by atoms with Crippen molar-refractivity contribution in [3.05, 3.63) is 64.4 Å². The molecule has 0 unspecified atom stereocenters. The lowest BCUT2D eigenvalue weighted by Crippen LogP contribution is -2.23. The van der Waals surface area contributed by atoms with Gasteiger partial charge in [0.15, 0.2) is 5.16 Å². The summed E-state index contributed by atoms with van der Waals surface area (Å²) in [5.74, 6) is 1.61. The molecule has 0 aliphatic rings.